The largest absolute Gasteiger partial charge is 0.395 e. The summed E-state index contributed by atoms with van der Waals surface area (Å²) < 4.78 is 0.124. The molecule has 1 saturated carbocycles. The molecule has 0 unspecified atom stereocenters. The Labute approximate surface area is 102 Å². The molecule has 0 amide bonds. The van der Waals surface area contributed by atoms with Gasteiger partial charge in [-0.2, -0.15) is 0 Å². The second-order valence-electron chi connectivity index (χ2n) is 5.02. The highest BCUT2D eigenvalue weighted by Crippen LogP contribution is 2.47. The Morgan fingerprint density at radius 1 is 1.25 bits per heavy atom. The SMILES string of the molecule is CC(C)c1ccc(SC2(CO)CCC2)cc1. The molecule has 0 aromatic heterocycles. The van der Waals surface area contributed by atoms with Gasteiger partial charge in [-0.15, -0.1) is 11.8 Å². The lowest BCUT2D eigenvalue weighted by molar-refractivity contribution is 0.191. The fourth-order valence-corrected chi connectivity index (χ4v) is 3.36. The fourth-order valence-electron chi connectivity index (χ4n) is 2.03. The number of aliphatic hydroxyl groups excluding tert-OH is 1. The molecule has 0 radical (unpaired) electrons. The Bertz CT molecular complexity index is 333. The average Bonchev–Trinajstić information content (AvgIpc) is 2.24. The molecule has 0 aliphatic heterocycles. The highest BCUT2D eigenvalue weighted by atomic mass is 32.2. The van der Waals surface area contributed by atoms with Crippen molar-refractivity contribution in [2.24, 2.45) is 0 Å². The zero-order valence-electron chi connectivity index (χ0n) is 10.1. The third kappa shape index (κ3) is 2.44. The molecule has 1 aromatic carbocycles. The maximum absolute atomic E-state index is 9.42. The molecular formula is C14H20OS. The Hall–Kier alpha value is -0.470. The topological polar surface area (TPSA) is 20.2 Å². The smallest absolute Gasteiger partial charge is 0.0581 e. The van der Waals surface area contributed by atoms with Crippen LogP contribution in [0.15, 0.2) is 29.2 Å². The fraction of sp³-hybridized carbons (Fsp3) is 0.571. The van der Waals surface area contributed by atoms with E-state index in [2.05, 4.69) is 38.1 Å². The van der Waals surface area contributed by atoms with E-state index in [0.29, 0.717) is 12.5 Å². The summed E-state index contributed by atoms with van der Waals surface area (Å²) in [7, 11) is 0. The van der Waals surface area contributed by atoms with Gasteiger partial charge in [-0.25, -0.2) is 0 Å². The van der Waals surface area contributed by atoms with Crippen LogP contribution in [0.25, 0.3) is 0 Å². The lowest BCUT2D eigenvalue weighted by Crippen LogP contribution is -2.37. The van der Waals surface area contributed by atoms with Crippen LogP contribution >= 0.6 is 11.8 Å². The molecule has 0 heterocycles. The van der Waals surface area contributed by atoms with Gasteiger partial charge in [0.05, 0.1) is 6.61 Å². The summed E-state index contributed by atoms with van der Waals surface area (Å²) in [6, 6.07) is 8.79. The van der Waals surface area contributed by atoms with Crippen molar-refractivity contribution in [3.63, 3.8) is 0 Å². The molecule has 0 atom stereocenters. The van der Waals surface area contributed by atoms with Crippen molar-refractivity contribution < 1.29 is 5.11 Å². The van der Waals surface area contributed by atoms with Crippen molar-refractivity contribution in [1.82, 2.24) is 0 Å². The Morgan fingerprint density at radius 2 is 1.88 bits per heavy atom. The maximum Gasteiger partial charge on any atom is 0.0581 e. The minimum atomic E-state index is 0.124. The molecule has 0 spiro atoms. The lowest BCUT2D eigenvalue weighted by atomic mass is 9.85. The summed E-state index contributed by atoms with van der Waals surface area (Å²) >= 11 is 1.85. The first-order valence-electron chi connectivity index (χ1n) is 6.05. The number of hydrogen-bond donors (Lipinski definition) is 1. The minimum Gasteiger partial charge on any atom is -0.395 e. The van der Waals surface area contributed by atoms with Gasteiger partial charge in [-0.3, -0.25) is 0 Å². The van der Waals surface area contributed by atoms with Gasteiger partial charge in [0, 0.05) is 9.64 Å². The van der Waals surface area contributed by atoms with Crippen LogP contribution in [0.4, 0.5) is 0 Å². The standard InChI is InChI=1S/C14H20OS/c1-11(2)12-4-6-13(7-5-12)16-14(10-15)8-3-9-14/h4-7,11,15H,3,8-10H2,1-2H3. The lowest BCUT2D eigenvalue weighted by Gasteiger charge is -2.39. The van der Waals surface area contributed by atoms with Gasteiger partial charge in [0.15, 0.2) is 0 Å². The summed E-state index contributed by atoms with van der Waals surface area (Å²) in [6.07, 6.45) is 3.57. The Kier molecular flexibility index (Phi) is 3.60. The number of aliphatic hydroxyl groups is 1. The summed E-state index contributed by atoms with van der Waals surface area (Å²) in [5, 5.41) is 9.42. The molecule has 1 fully saturated rings. The highest BCUT2D eigenvalue weighted by molar-refractivity contribution is 8.00. The van der Waals surface area contributed by atoms with Gasteiger partial charge in [0.1, 0.15) is 0 Å². The molecule has 2 rings (SSSR count). The van der Waals surface area contributed by atoms with Crippen LogP contribution in [0, 0.1) is 0 Å². The molecular weight excluding hydrogens is 216 g/mol. The van der Waals surface area contributed by atoms with Crippen molar-refractivity contribution in [3.8, 4) is 0 Å². The summed E-state index contributed by atoms with van der Waals surface area (Å²) in [5.41, 5.74) is 1.39. The number of rotatable bonds is 4. The summed E-state index contributed by atoms with van der Waals surface area (Å²) in [5.74, 6) is 0.592. The zero-order valence-corrected chi connectivity index (χ0v) is 10.9. The van der Waals surface area contributed by atoms with Crippen LogP contribution in [-0.2, 0) is 0 Å². The molecule has 1 aromatic rings. The predicted molar refractivity (Wildman–Crippen MR) is 70.1 cm³/mol. The second-order valence-corrected chi connectivity index (χ2v) is 6.56. The highest BCUT2D eigenvalue weighted by Gasteiger charge is 2.37. The second kappa shape index (κ2) is 4.80. The Morgan fingerprint density at radius 3 is 2.25 bits per heavy atom. The quantitative estimate of drug-likeness (QED) is 0.857. The third-order valence-electron chi connectivity index (χ3n) is 3.43. The van der Waals surface area contributed by atoms with Crippen LogP contribution in [0.1, 0.15) is 44.6 Å². The van der Waals surface area contributed by atoms with Gasteiger partial charge < -0.3 is 5.11 Å². The minimum absolute atomic E-state index is 0.124. The van der Waals surface area contributed by atoms with Gasteiger partial charge >= 0.3 is 0 Å². The normalized spacial score (nSPS) is 18.5. The average molecular weight is 236 g/mol. The molecule has 1 aliphatic rings. The number of benzene rings is 1. The van der Waals surface area contributed by atoms with Crippen LogP contribution in [0.5, 0.6) is 0 Å². The van der Waals surface area contributed by atoms with Crippen molar-refractivity contribution >= 4 is 11.8 Å². The molecule has 0 saturated heterocycles. The molecule has 1 N–H and O–H groups in total. The number of thioether (sulfide) groups is 1. The van der Waals surface area contributed by atoms with E-state index in [9.17, 15) is 5.11 Å². The van der Waals surface area contributed by atoms with E-state index >= 15 is 0 Å². The van der Waals surface area contributed by atoms with Gasteiger partial charge in [0.2, 0.25) is 0 Å². The van der Waals surface area contributed by atoms with E-state index in [4.69, 9.17) is 0 Å². The zero-order chi connectivity index (χ0) is 11.6. The van der Waals surface area contributed by atoms with Gasteiger partial charge in [0.25, 0.3) is 0 Å². The van der Waals surface area contributed by atoms with Crippen molar-refractivity contribution in [1.29, 1.82) is 0 Å². The maximum atomic E-state index is 9.42. The summed E-state index contributed by atoms with van der Waals surface area (Å²) in [6.45, 7) is 4.73. The van der Waals surface area contributed by atoms with Crippen LogP contribution in [-0.4, -0.2) is 16.5 Å². The van der Waals surface area contributed by atoms with E-state index in [1.807, 2.05) is 11.8 Å². The van der Waals surface area contributed by atoms with Gasteiger partial charge in [-0.05, 0) is 36.5 Å². The first kappa shape index (κ1) is 12.0. The van der Waals surface area contributed by atoms with Gasteiger partial charge in [-0.1, -0.05) is 32.4 Å². The third-order valence-corrected chi connectivity index (χ3v) is 4.91. The first-order chi connectivity index (χ1) is 7.65. The molecule has 1 aliphatic carbocycles. The van der Waals surface area contributed by atoms with E-state index < -0.39 is 0 Å². The Balaban J connectivity index is 2.05. The molecule has 2 heteroatoms. The van der Waals surface area contributed by atoms with Crippen molar-refractivity contribution in [2.75, 3.05) is 6.61 Å². The predicted octanol–water partition coefficient (Wildman–Crippen LogP) is 3.82. The van der Waals surface area contributed by atoms with E-state index in [1.54, 1.807) is 0 Å². The molecule has 88 valence electrons. The van der Waals surface area contributed by atoms with E-state index in [-0.39, 0.29) is 4.75 Å². The summed E-state index contributed by atoms with van der Waals surface area (Å²) in [4.78, 5) is 1.29. The van der Waals surface area contributed by atoms with Crippen molar-refractivity contribution in [3.05, 3.63) is 29.8 Å². The van der Waals surface area contributed by atoms with E-state index in [0.717, 1.165) is 12.8 Å². The van der Waals surface area contributed by atoms with Crippen LogP contribution in [0.2, 0.25) is 0 Å². The van der Waals surface area contributed by atoms with Crippen molar-refractivity contribution in [2.45, 2.75) is 48.7 Å². The van der Waals surface area contributed by atoms with E-state index in [1.165, 1.54) is 16.9 Å². The molecule has 1 nitrogen and oxygen atoms in total. The monoisotopic (exact) mass is 236 g/mol. The molecule has 0 bridgehead atoms. The number of hydrogen-bond acceptors (Lipinski definition) is 2. The first-order valence-corrected chi connectivity index (χ1v) is 6.87. The van der Waals surface area contributed by atoms with Crippen LogP contribution < -0.4 is 0 Å². The van der Waals surface area contributed by atoms with Crippen LogP contribution in [0.3, 0.4) is 0 Å². The molecule has 16 heavy (non-hydrogen) atoms.